The lowest BCUT2D eigenvalue weighted by Crippen LogP contribution is -2.29. The Labute approximate surface area is 149 Å². The first-order chi connectivity index (χ1) is 11.9. The molecule has 0 aliphatic rings. The number of benzene rings is 1. The predicted molar refractivity (Wildman–Crippen MR) is 103 cm³/mol. The van der Waals surface area contributed by atoms with Crippen molar-refractivity contribution in [3.63, 3.8) is 0 Å². The van der Waals surface area contributed by atoms with Gasteiger partial charge in [0.25, 0.3) is 0 Å². The van der Waals surface area contributed by atoms with E-state index >= 15 is 0 Å². The molecule has 5 nitrogen and oxygen atoms in total. The third-order valence-electron chi connectivity index (χ3n) is 4.47. The average Bonchev–Trinajstić information content (AvgIpc) is 2.87. The molecule has 25 heavy (non-hydrogen) atoms. The summed E-state index contributed by atoms with van der Waals surface area (Å²) in [5.74, 6) is 0.188. The largest absolute Gasteiger partial charge is 0.324 e. The van der Waals surface area contributed by atoms with Crippen LogP contribution in [-0.2, 0) is 16.6 Å². The maximum Gasteiger partial charge on any atom is 0.211 e. The van der Waals surface area contributed by atoms with Gasteiger partial charge in [0.2, 0.25) is 10.0 Å². The Kier molecular flexibility index (Phi) is 5.11. The lowest BCUT2D eigenvalue weighted by atomic mass is 10.1. The van der Waals surface area contributed by atoms with Gasteiger partial charge in [-0.2, -0.15) is 0 Å². The first kappa shape index (κ1) is 17.9. The van der Waals surface area contributed by atoms with Gasteiger partial charge in [-0.25, -0.2) is 18.1 Å². The van der Waals surface area contributed by atoms with Crippen molar-refractivity contribution in [1.82, 2.24) is 14.3 Å². The fraction of sp³-hybridized carbons (Fsp3) is 0.421. The van der Waals surface area contributed by atoms with E-state index in [1.165, 1.54) is 5.56 Å². The Hall–Kier alpha value is -1.92. The monoisotopic (exact) mass is 359 g/mol. The van der Waals surface area contributed by atoms with Crippen LogP contribution in [0.5, 0.6) is 0 Å². The lowest BCUT2D eigenvalue weighted by molar-refractivity contribution is 0.572. The molecule has 2 heterocycles. The highest BCUT2D eigenvalue weighted by atomic mass is 32.2. The normalized spacial score (nSPS) is 12.3. The lowest BCUT2D eigenvalue weighted by Gasteiger charge is -2.09. The third kappa shape index (κ3) is 3.70. The molecule has 1 N–H and O–H groups in total. The second kappa shape index (κ2) is 7.14. The van der Waals surface area contributed by atoms with Crippen LogP contribution in [0.3, 0.4) is 0 Å². The number of hydrogen-bond donors (Lipinski definition) is 1. The maximum absolute atomic E-state index is 12.0. The number of rotatable bonds is 7. The quantitative estimate of drug-likeness (QED) is 0.702. The van der Waals surface area contributed by atoms with Crippen molar-refractivity contribution < 1.29 is 8.42 Å². The molecule has 0 aliphatic carbocycles. The molecule has 0 spiro atoms. The third-order valence-corrected chi connectivity index (χ3v) is 5.94. The summed E-state index contributed by atoms with van der Waals surface area (Å²) in [5, 5.41) is 2.31. The molecule has 0 saturated carbocycles. The maximum atomic E-state index is 12.0. The summed E-state index contributed by atoms with van der Waals surface area (Å²) in [7, 11) is -3.20. The van der Waals surface area contributed by atoms with Crippen molar-refractivity contribution in [3.05, 3.63) is 41.6 Å². The van der Waals surface area contributed by atoms with Gasteiger partial charge < -0.3 is 4.57 Å². The minimum atomic E-state index is -3.20. The molecule has 2 aromatic heterocycles. The molecule has 3 rings (SSSR count). The Morgan fingerprint density at radius 2 is 1.96 bits per heavy atom. The predicted octanol–water partition coefficient (Wildman–Crippen LogP) is 3.53. The fourth-order valence-corrected chi connectivity index (χ4v) is 4.54. The molecule has 0 aliphatic heterocycles. The van der Waals surface area contributed by atoms with Gasteiger partial charge in [-0.05, 0) is 38.0 Å². The van der Waals surface area contributed by atoms with Gasteiger partial charge in [-0.15, -0.1) is 0 Å². The molecule has 6 heteroatoms. The van der Waals surface area contributed by atoms with Crippen molar-refractivity contribution >= 4 is 32.0 Å². The fourth-order valence-electron chi connectivity index (χ4n) is 3.33. The molecular formula is C19H25N3O2S. The van der Waals surface area contributed by atoms with Crippen molar-refractivity contribution in [2.45, 2.75) is 40.2 Å². The number of hydrogen-bond acceptors (Lipinski definition) is 3. The van der Waals surface area contributed by atoms with Gasteiger partial charge in [-0.1, -0.05) is 31.5 Å². The van der Waals surface area contributed by atoms with E-state index in [1.54, 1.807) is 0 Å². The molecule has 0 fully saturated rings. The van der Waals surface area contributed by atoms with Crippen molar-refractivity contribution in [2.75, 3.05) is 12.3 Å². The van der Waals surface area contributed by atoms with E-state index in [-0.39, 0.29) is 5.75 Å². The molecule has 0 unspecified atom stereocenters. The molecule has 1 aromatic carbocycles. The zero-order valence-electron chi connectivity index (χ0n) is 15.0. The number of sulfonamides is 1. The standard InChI is InChI=1S/C19H25N3O2S/c1-4-5-12-25(23,24)20-10-11-22-17-9-7-6-8-16(17)18-14(2)13-15(3)21-19(18)22/h6-9,13,20H,4-5,10-12H2,1-3H3. The van der Waals surface area contributed by atoms with Crippen molar-refractivity contribution in [3.8, 4) is 0 Å². The van der Waals surface area contributed by atoms with Crippen LogP contribution in [0.2, 0.25) is 0 Å². The summed E-state index contributed by atoms with van der Waals surface area (Å²) in [6.07, 6.45) is 1.56. The summed E-state index contributed by atoms with van der Waals surface area (Å²) in [6.45, 7) is 7.01. The minimum absolute atomic E-state index is 0.188. The van der Waals surface area contributed by atoms with E-state index < -0.39 is 10.0 Å². The first-order valence-corrected chi connectivity index (χ1v) is 10.4. The number of nitrogens with one attached hydrogen (secondary N) is 1. The molecule has 3 aromatic rings. The number of aryl methyl sites for hydroxylation is 2. The molecule has 0 saturated heterocycles. The van der Waals surface area contributed by atoms with Crippen LogP contribution in [0.1, 0.15) is 31.0 Å². The number of nitrogens with zero attached hydrogens (tertiary/aromatic N) is 2. The van der Waals surface area contributed by atoms with Crippen LogP contribution in [0, 0.1) is 13.8 Å². The number of unbranched alkanes of at least 4 members (excludes halogenated alkanes) is 1. The minimum Gasteiger partial charge on any atom is -0.324 e. The highest BCUT2D eigenvalue weighted by Gasteiger charge is 2.15. The van der Waals surface area contributed by atoms with Crippen LogP contribution in [0.25, 0.3) is 21.9 Å². The topological polar surface area (TPSA) is 64.0 Å². The number of para-hydroxylation sites is 1. The van der Waals surface area contributed by atoms with Crippen LogP contribution in [0.4, 0.5) is 0 Å². The van der Waals surface area contributed by atoms with E-state index in [2.05, 4.69) is 34.4 Å². The van der Waals surface area contributed by atoms with E-state index in [4.69, 9.17) is 4.98 Å². The number of aromatic nitrogens is 2. The second-order valence-corrected chi connectivity index (χ2v) is 8.44. The zero-order valence-corrected chi connectivity index (χ0v) is 15.9. The van der Waals surface area contributed by atoms with E-state index in [0.717, 1.165) is 34.1 Å². The molecule has 0 atom stereocenters. The summed E-state index contributed by atoms with van der Waals surface area (Å²) in [5.41, 5.74) is 4.18. The van der Waals surface area contributed by atoms with Crippen LogP contribution >= 0.6 is 0 Å². The number of fused-ring (bicyclic) bond motifs is 3. The summed E-state index contributed by atoms with van der Waals surface area (Å²) in [6, 6.07) is 10.3. The van der Waals surface area contributed by atoms with Crippen molar-refractivity contribution in [1.29, 1.82) is 0 Å². The van der Waals surface area contributed by atoms with Crippen LogP contribution < -0.4 is 4.72 Å². The highest BCUT2D eigenvalue weighted by Crippen LogP contribution is 2.30. The molecular weight excluding hydrogens is 334 g/mol. The van der Waals surface area contributed by atoms with E-state index in [1.807, 2.05) is 26.0 Å². The summed E-state index contributed by atoms with van der Waals surface area (Å²) in [4.78, 5) is 4.72. The molecule has 0 amide bonds. The SMILES string of the molecule is CCCCS(=O)(=O)NCCn1c2ccccc2c2c(C)cc(C)nc21. The van der Waals surface area contributed by atoms with Gasteiger partial charge in [-0.3, -0.25) is 0 Å². The molecule has 134 valence electrons. The zero-order chi connectivity index (χ0) is 18.0. The second-order valence-electron chi connectivity index (χ2n) is 6.51. The van der Waals surface area contributed by atoms with Gasteiger partial charge in [0, 0.05) is 29.6 Å². The Morgan fingerprint density at radius 3 is 2.72 bits per heavy atom. The van der Waals surface area contributed by atoms with Gasteiger partial charge >= 0.3 is 0 Å². The van der Waals surface area contributed by atoms with Crippen LogP contribution in [0.15, 0.2) is 30.3 Å². The molecule has 0 radical (unpaired) electrons. The smallest absolute Gasteiger partial charge is 0.211 e. The van der Waals surface area contributed by atoms with E-state index in [0.29, 0.717) is 19.5 Å². The Balaban J connectivity index is 1.95. The van der Waals surface area contributed by atoms with Crippen LogP contribution in [-0.4, -0.2) is 30.3 Å². The summed E-state index contributed by atoms with van der Waals surface area (Å²) >= 11 is 0. The molecule has 0 bridgehead atoms. The van der Waals surface area contributed by atoms with Gasteiger partial charge in [0.1, 0.15) is 5.65 Å². The average molecular weight is 359 g/mol. The first-order valence-electron chi connectivity index (χ1n) is 8.75. The van der Waals surface area contributed by atoms with E-state index in [9.17, 15) is 8.42 Å². The van der Waals surface area contributed by atoms with Crippen molar-refractivity contribution in [2.24, 2.45) is 0 Å². The highest BCUT2D eigenvalue weighted by molar-refractivity contribution is 7.89. The van der Waals surface area contributed by atoms with Gasteiger partial charge in [0.05, 0.1) is 11.3 Å². The number of pyridine rings is 1. The Morgan fingerprint density at radius 1 is 1.20 bits per heavy atom. The summed E-state index contributed by atoms with van der Waals surface area (Å²) < 4.78 is 28.9. The Bertz CT molecular complexity index is 1010. The van der Waals surface area contributed by atoms with Gasteiger partial charge in [0.15, 0.2) is 0 Å².